The molecule has 21 heavy (non-hydrogen) atoms. The monoisotopic (exact) mass is 322 g/mol. The largest absolute Gasteiger partial charge is 0.316 e. The summed E-state index contributed by atoms with van der Waals surface area (Å²) in [6.07, 6.45) is 0.873. The van der Waals surface area contributed by atoms with Crippen LogP contribution in [0.15, 0.2) is 46.0 Å². The van der Waals surface area contributed by atoms with Crippen molar-refractivity contribution in [2.24, 2.45) is 0 Å². The second-order valence-corrected chi connectivity index (χ2v) is 8.14. The van der Waals surface area contributed by atoms with E-state index in [1.165, 1.54) is 16.9 Å². The molecule has 112 valence electrons. The molecule has 1 aromatic carbocycles. The number of sulfonamides is 1. The summed E-state index contributed by atoms with van der Waals surface area (Å²) >= 11 is 1.27. The van der Waals surface area contributed by atoms with E-state index < -0.39 is 10.0 Å². The number of thiophene rings is 1. The molecule has 6 heteroatoms. The molecule has 1 heterocycles. The van der Waals surface area contributed by atoms with Gasteiger partial charge in [-0.05, 0) is 36.0 Å². The van der Waals surface area contributed by atoms with Gasteiger partial charge in [-0.3, -0.25) is 0 Å². The quantitative estimate of drug-likeness (QED) is 0.858. The third-order valence-corrected chi connectivity index (χ3v) is 6.58. The maximum absolute atomic E-state index is 12.4. The van der Waals surface area contributed by atoms with E-state index in [4.69, 9.17) is 0 Å². The van der Waals surface area contributed by atoms with Crippen LogP contribution in [-0.4, -0.2) is 21.5 Å². The van der Waals surface area contributed by atoms with Gasteiger partial charge in [0.15, 0.2) is 0 Å². The first-order valence-corrected chi connectivity index (χ1v) is 9.26. The van der Waals surface area contributed by atoms with Gasteiger partial charge in [0.1, 0.15) is 4.21 Å². The number of nitrogens with one attached hydrogen (secondary N) is 2. The summed E-state index contributed by atoms with van der Waals surface area (Å²) in [5, 5.41) is 4.90. The Morgan fingerprint density at radius 1 is 1.29 bits per heavy atom. The van der Waals surface area contributed by atoms with Crippen LogP contribution in [0.5, 0.6) is 0 Å². The van der Waals surface area contributed by atoms with Gasteiger partial charge in [-0.25, -0.2) is 13.1 Å². The molecular weight excluding hydrogens is 304 g/mol. The van der Waals surface area contributed by atoms with Crippen LogP contribution in [0.3, 0.4) is 0 Å². The first-order chi connectivity index (χ1) is 10.1. The van der Waals surface area contributed by atoms with Gasteiger partial charge in [-0.1, -0.05) is 30.3 Å². The third kappa shape index (κ3) is 3.35. The molecular formula is C15H18N2O2S2. The lowest BCUT2D eigenvalue weighted by Crippen LogP contribution is -2.26. The van der Waals surface area contributed by atoms with E-state index in [2.05, 4.69) is 22.2 Å². The van der Waals surface area contributed by atoms with E-state index in [1.807, 2.05) is 30.6 Å². The van der Waals surface area contributed by atoms with E-state index in [0.717, 1.165) is 12.0 Å². The Balaban J connectivity index is 1.67. The van der Waals surface area contributed by atoms with Crippen molar-refractivity contribution in [2.75, 3.05) is 7.05 Å². The van der Waals surface area contributed by atoms with Crippen LogP contribution < -0.4 is 10.0 Å². The molecule has 2 aromatic rings. The molecule has 0 bridgehead atoms. The minimum Gasteiger partial charge on any atom is -0.316 e. The fourth-order valence-electron chi connectivity index (χ4n) is 2.44. The van der Waals surface area contributed by atoms with Gasteiger partial charge in [0, 0.05) is 18.5 Å². The zero-order chi connectivity index (χ0) is 14.9. The molecule has 2 unspecified atom stereocenters. The third-order valence-electron chi connectivity index (χ3n) is 3.60. The zero-order valence-corrected chi connectivity index (χ0v) is 13.4. The SMILES string of the molecule is CNCc1csc(S(=O)(=O)NC2CC2c2ccccc2)c1. The van der Waals surface area contributed by atoms with Crippen LogP contribution in [-0.2, 0) is 16.6 Å². The van der Waals surface area contributed by atoms with Crippen molar-refractivity contribution in [3.8, 4) is 0 Å². The van der Waals surface area contributed by atoms with E-state index in [9.17, 15) is 8.42 Å². The van der Waals surface area contributed by atoms with E-state index >= 15 is 0 Å². The van der Waals surface area contributed by atoms with E-state index in [0.29, 0.717) is 16.7 Å². The molecule has 2 atom stereocenters. The van der Waals surface area contributed by atoms with Gasteiger partial charge < -0.3 is 5.32 Å². The molecule has 3 rings (SSSR count). The molecule has 4 nitrogen and oxygen atoms in total. The lowest BCUT2D eigenvalue weighted by molar-refractivity contribution is 0.582. The molecule has 0 spiro atoms. The molecule has 1 saturated carbocycles. The van der Waals surface area contributed by atoms with Gasteiger partial charge in [0.2, 0.25) is 10.0 Å². The Bertz CT molecular complexity index is 710. The Morgan fingerprint density at radius 3 is 2.76 bits per heavy atom. The van der Waals surface area contributed by atoms with Crippen LogP contribution in [0.4, 0.5) is 0 Å². The van der Waals surface area contributed by atoms with Gasteiger partial charge in [-0.15, -0.1) is 11.3 Å². The predicted octanol–water partition coefficient (Wildman–Crippen LogP) is 2.30. The Labute approximate surface area is 129 Å². The summed E-state index contributed by atoms with van der Waals surface area (Å²) in [5.41, 5.74) is 2.20. The normalized spacial score (nSPS) is 21.4. The number of hydrogen-bond donors (Lipinski definition) is 2. The second kappa shape index (κ2) is 5.88. The van der Waals surface area contributed by atoms with Crippen LogP contribution in [0, 0.1) is 0 Å². The van der Waals surface area contributed by atoms with E-state index in [-0.39, 0.29) is 6.04 Å². The van der Waals surface area contributed by atoms with Crippen molar-refractivity contribution >= 4 is 21.4 Å². The van der Waals surface area contributed by atoms with Crippen molar-refractivity contribution in [1.82, 2.24) is 10.0 Å². The van der Waals surface area contributed by atoms with Crippen LogP contribution >= 0.6 is 11.3 Å². The molecule has 0 radical (unpaired) electrons. The number of hydrogen-bond acceptors (Lipinski definition) is 4. The molecule has 0 amide bonds. The van der Waals surface area contributed by atoms with Crippen LogP contribution in [0.2, 0.25) is 0 Å². The lowest BCUT2D eigenvalue weighted by atomic mass is 10.1. The number of benzene rings is 1. The highest BCUT2D eigenvalue weighted by Crippen LogP contribution is 2.41. The lowest BCUT2D eigenvalue weighted by Gasteiger charge is -2.04. The Kier molecular flexibility index (Phi) is 4.12. The Morgan fingerprint density at radius 2 is 2.05 bits per heavy atom. The summed E-state index contributed by atoms with van der Waals surface area (Å²) in [7, 11) is -1.55. The van der Waals surface area contributed by atoms with Gasteiger partial charge in [0.25, 0.3) is 0 Å². The molecule has 1 aliphatic rings. The summed E-state index contributed by atoms with van der Waals surface area (Å²) in [5.74, 6) is 0.303. The highest BCUT2D eigenvalue weighted by Gasteiger charge is 2.41. The van der Waals surface area contributed by atoms with Crippen molar-refractivity contribution < 1.29 is 8.42 Å². The predicted molar refractivity (Wildman–Crippen MR) is 85.0 cm³/mol. The minimum atomic E-state index is -3.39. The fraction of sp³-hybridized carbons (Fsp3) is 0.333. The molecule has 1 fully saturated rings. The zero-order valence-electron chi connectivity index (χ0n) is 11.7. The maximum Gasteiger partial charge on any atom is 0.250 e. The molecule has 2 N–H and O–H groups in total. The van der Waals surface area contributed by atoms with Crippen LogP contribution in [0.1, 0.15) is 23.5 Å². The summed E-state index contributed by atoms with van der Waals surface area (Å²) in [6.45, 7) is 0.683. The van der Waals surface area contributed by atoms with Gasteiger partial charge in [-0.2, -0.15) is 0 Å². The first kappa shape index (κ1) is 14.7. The Hall–Kier alpha value is -1.21. The summed E-state index contributed by atoms with van der Waals surface area (Å²) in [6, 6.07) is 11.8. The maximum atomic E-state index is 12.4. The average Bonchev–Trinajstić information content (AvgIpc) is 3.04. The highest BCUT2D eigenvalue weighted by molar-refractivity contribution is 7.91. The highest BCUT2D eigenvalue weighted by atomic mass is 32.2. The topological polar surface area (TPSA) is 58.2 Å². The van der Waals surface area contributed by atoms with Gasteiger partial charge in [0.05, 0.1) is 0 Å². The summed E-state index contributed by atoms with van der Waals surface area (Å²) in [4.78, 5) is 0. The molecule has 0 aliphatic heterocycles. The minimum absolute atomic E-state index is 0.0206. The second-order valence-electron chi connectivity index (χ2n) is 5.28. The average molecular weight is 322 g/mol. The van der Waals surface area contributed by atoms with Crippen molar-refractivity contribution in [3.05, 3.63) is 52.9 Å². The molecule has 0 saturated heterocycles. The number of rotatable bonds is 6. The molecule has 1 aliphatic carbocycles. The van der Waals surface area contributed by atoms with Crippen molar-refractivity contribution in [2.45, 2.75) is 29.1 Å². The van der Waals surface area contributed by atoms with Crippen molar-refractivity contribution in [1.29, 1.82) is 0 Å². The standard InChI is InChI=1S/C15H18N2O2S2/c1-16-9-11-7-15(20-10-11)21(18,19)17-14-8-13(14)12-5-3-2-4-6-12/h2-7,10,13-14,16-17H,8-9H2,1H3. The fourth-order valence-corrected chi connectivity index (χ4v) is 4.96. The molecule has 1 aromatic heterocycles. The van der Waals surface area contributed by atoms with E-state index in [1.54, 1.807) is 6.07 Å². The first-order valence-electron chi connectivity index (χ1n) is 6.89. The van der Waals surface area contributed by atoms with Crippen molar-refractivity contribution in [3.63, 3.8) is 0 Å². The van der Waals surface area contributed by atoms with Gasteiger partial charge >= 0.3 is 0 Å². The van der Waals surface area contributed by atoms with Crippen LogP contribution in [0.25, 0.3) is 0 Å². The smallest absolute Gasteiger partial charge is 0.250 e. The summed E-state index contributed by atoms with van der Waals surface area (Å²) < 4.78 is 27.9.